The minimum atomic E-state index is -0.488. The molecule has 3 rings (SSSR count). The number of hydrogen-bond acceptors (Lipinski definition) is 3. The quantitative estimate of drug-likeness (QED) is 0.904. The normalized spacial score (nSPS) is 27.8. The Balaban J connectivity index is 1.50. The summed E-state index contributed by atoms with van der Waals surface area (Å²) in [5, 5.41) is 3.12. The molecule has 1 N–H and O–H groups in total. The van der Waals surface area contributed by atoms with Crippen LogP contribution >= 0.6 is 0 Å². The van der Waals surface area contributed by atoms with Crippen molar-refractivity contribution < 1.29 is 14.3 Å². The van der Waals surface area contributed by atoms with Crippen molar-refractivity contribution in [2.45, 2.75) is 44.4 Å². The molecule has 1 aromatic rings. The standard InChI is InChI=1S/C17H23NO3/c1-17(20-9-10-21-17)8-7-14-12-15(18-16(14)19)11-13-5-3-2-4-6-13/h2-6,14-15H,7-12H2,1H3,(H,18,19)/t14-,15+/m0/s1. The van der Waals surface area contributed by atoms with Crippen molar-refractivity contribution in [2.24, 2.45) is 5.92 Å². The van der Waals surface area contributed by atoms with E-state index in [1.165, 1.54) is 5.56 Å². The Labute approximate surface area is 125 Å². The molecule has 2 heterocycles. The molecule has 2 aliphatic rings. The summed E-state index contributed by atoms with van der Waals surface area (Å²) in [6.45, 7) is 3.28. The zero-order valence-electron chi connectivity index (χ0n) is 12.5. The molecule has 1 amide bonds. The van der Waals surface area contributed by atoms with Crippen molar-refractivity contribution in [1.29, 1.82) is 0 Å². The van der Waals surface area contributed by atoms with Gasteiger partial charge in [0.2, 0.25) is 5.91 Å². The van der Waals surface area contributed by atoms with Gasteiger partial charge in [-0.1, -0.05) is 30.3 Å². The molecule has 0 radical (unpaired) electrons. The highest BCUT2D eigenvalue weighted by atomic mass is 16.7. The number of hydrogen-bond donors (Lipinski definition) is 1. The summed E-state index contributed by atoms with van der Waals surface area (Å²) in [5.41, 5.74) is 1.28. The van der Waals surface area contributed by atoms with E-state index < -0.39 is 5.79 Å². The summed E-state index contributed by atoms with van der Waals surface area (Å²) in [4.78, 5) is 12.1. The van der Waals surface area contributed by atoms with Crippen molar-refractivity contribution >= 4 is 5.91 Å². The summed E-state index contributed by atoms with van der Waals surface area (Å²) in [5.74, 6) is -0.224. The van der Waals surface area contributed by atoms with E-state index in [0.717, 1.165) is 25.7 Å². The largest absolute Gasteiger partial charge is 0.353 e. The summed E-state index contributed by atoms with van der Waals surface area (Å²) in [7, 11) is 0. The van der Waals surface area contributed by atoms with Crippen LogP contribution in [0.2, 0.25) is 0 Å². The molecule has 0 aromatic heterocycles. The van der Waals surface area contributed by atoms with E-state index in [0.29, 0.717) is 13.2 Å². The third kappa shape index (κ3) is 3.63. The average molecular weight is 289 g/mol. The molecule has 2 atom stereocenters. The highest BCUT2D eigenvalue weighted by Crippen LogP contribution is 2.30. The van der Waals surface area contributed by atoms with Crippen LogP contribution in [0.1, 0.15) is 31.7 Å². The van der Waals surface area contributed by atoms with Crippen LogP contribution in [0.15, 0.2) is 30.3 Å². The van der Waals surface area contributed by atoms with Gasteiger partial charge >= 0.3 is 0 Å². The number of ether oxygens (including phenoxy) is 2. The SMILES string of the molecule is CC1(CC[C@H]2C[C@@H](Cc3ccccc3)NC2=O)OCCO1. The molecular weight excluding hydrogens is 266 g/mol. The topological polar surface area (TPSA) is 47.6 Å². The Bertz CT molecular complexity index is 482. The Kier molecular flexibility index (Phi) is 4.27. The minimum absolute atomic E-state index is 0.0864. The van der Waals surface area contributed by atoms with Gasteiger partial charge in [-0.05, 0) is 31.7 Å². The summed E-state index contributed by atoms with van der Waals surface area (Å²) in [6.07, 6.45) is 3.42. The van der Waals surface area contributed by atoms with Crippen LogP contribution in [0.25, 0.3) is 0 Å². The molecular formula is C17H23NO3. The van der Waals surface area contributed by atoms with Gasteiger partial charge in [0.05, 0.1) is 13.2 Å². The highest BCUT2D eigenvalue weighted by molar-refractivity contribution is 5.81. The van der Waals surface area contributed by atoms with Gasteiger partial charge in [-0.3, -0.25) is 4.79 Å². The third-order valence-corrected chi connectivity index (χ3v) is 4.46. The molecule has 2 fully saturated rings. The molecule has 114 valence electrons. The van der Waals surface area contributed by atoms with Gasteiger partial charge < -0.3 is 14.8 Å². The monoisotopic (exact) mass is 289 g/mol. The van der Waals surface area contributed by atoms with Gasteiger partial charge in [-0.2, -0.15) is 0 Å². The first-order valence-electron chi connectivity index (χ1n) is 7.77. The van der Waals surface area contributed by atoms with Crippen LogP contribution in [0, 0.1) is 5.92 Å². The van der Waals surface area contributed by atoms with Gasteiger partial charge in [0.15, 0.2) is 5.79 Å². The highest BCUT2D eigenvalue weighted by Gasteiger charge is 2.36. The molecule has 0 unspecified atom stereocenters. The Hall–Kier alpha value is -1.39. The van der Waals surface area contributed by atoms with Crippen LogP contribution in [-0.4, -0.2) is 30.9 Å². The van der Waals surface area contributed by atoms with E-state index in [-0.39, 0.29) is 17.9 Å². The zero-order chi connectivity index (χ0) is 14.7. The van der Waals surface area contributed by atoms with E-state index >= 15 is 0 Å². The van der Waals surface area contributed by atoms with Crippen molar-refractivity contribution in [3.05, 3.63) is 35.9 Å². The minimum Gasteiger partial charge on any atom is -0.353 e. The lowest BCUT2D eigenvalue weighted by molar-refractivity contribution is -0.150. The fourth-order valence-electron chi connectivity index (χ4n) is 3.25. The number of nitrogens with one attached hydrogen (secondary N) is 1. The Morgan fingerprint density at radius 2 is 1.95 bits per heavy atom. The van der Waals surface area contributed by atoms with E-state index in [9.17, 15) is 4.79 Å². The Morgan fingerprint density at radius 3 is 2.67 bits per heavy atom. The Morgan fingerprint density at radius 1 is 1.24 bits per heavy atom. The van der Waals surface area contributed by atoms with Gasteiger partial charge in [0.1, 0.15) is 0 Å². The maximum absolute atomic E-state index is 12.1. The van der Waals surface area contributed by atoms with E-state index in [4.69, 9.17) is 9.47 Å². The molecule has 0 bridgehead atoms. The summed E-state index contributed by atoms with van der Waals surface area (Å²) >= 11 is 0. The van der Waals surface area contributed by atoms with Crippen LogP contribution in [-0.2, 0) is 20.7 Å². The van der Waals surface area contributed by atoms with Crippen LogP contribution < -0.4 is 5.32 Å². The number of amides is 1. The molecule has 0 aliphatic carbocycles. The lowest BCUT2D eigenvalue weighted by atomic mass is 9.94. The van der Waals surface area contributed by atoms with Crippen molar-refractivity contribution in [3.63, 3.8) is 0 Å². The van der Waals surface area contributed by atoms with E-state index in [1.54, 1.807) is 0 Å². The zero-order valence-corrected chi connectivity index (χ0v) is 12.5. The number of carbonyl (C=O) groups is 1. The second-order valence-corrected chi connectivity index (χ2v) is 6.20. The first-order chi connectivity index (χ1) is 10.1. The number of rotatable bonds is 5. The van der Waals surface area contributed by atoms with E-state index in [2.05, 4.69) is 17.4 Å². The number of carbonyl (C=O) groups excluding carboxylic acids is 1. The smallest absolute Gasteiger partial charge is 0.223 e. The van der Waals surface area contributed by atoms with Gasteiger partial charge in [0, 0.05) is 18.4 Å². The molecule has 21 heavy (non-hydrogen) atoms. The summed E-state index contributed by atoms with van der Waals surface area (Å²) < 4.78 is 11.2. The molecule has 4 nitrogen and oxygen atoms in total. The first kappa shape index (κ1) is 14.5. The van der Waals surface area contributed by atoms with Gasteiger partial charge in [-0.25, -0.2) is 0 Å². The van der Waals surface area contributed by atoms with Crippen LogP contribution in [0.3, 0.4) is 0 Å². The average Bonchev–Trinajstić information content (AvgIpc) is 3.05. The van der Waals surface area contributed by atoms with Crippen LogP contribution in [0.5, 0.6) is 0 Å². The fraction of sp³-hybridized carbons (Fsp3) is 0.588. The van der Waals surface area contributed by atoms with Crippen molar-refractivity contribution in [2.75, 3.05) is 13.2 Å². The third-order valence-electron chi connectivity index (χ3n) is 4.46. The molecule has 2 aliphatic heterocycles. The second kappa shape index (κ2) is 6.16. The lowest BCUT2D eigenvalue weighted by Gasteiger charge is -2.23. The number of benzene rings is 1. The predicted octanol–water partition coefficient (Wildman–Crippen LogP) is 2.28. The van der Waals surface area contributed by atoms with Crippen LogP contribution in [0.4, 0.5) is 0 Å². The molecule has 4 heteroatoms. The second-order valence-electron chi connectivity index (χ2n) is 6.20. The van der Waals surface area contributed by atoms with E-state index in [1.807, 2.05) is 25.1 Å². The van der Waals surface area contributed by atoms with Crippen molar-refractivity contribution in [1.82, 2.24) is 5.32 Å². The molecule has 1 aromatic carbocycles. The summed E-state index contributed by atoms with van der Waals surface area (Å²) in [6, 6.07) is 10.6. The maximum atomic E-state index is 12.1. The van der Waals surface area contributed by atoms with Crippen molar-refractivity contribution in [3.8, 4) is 0 Å². The fourth-order valence-corrected chi connectivity index (χ4v) is 3.25. The molecule has 0 saturated carbocycles. The maximum Gasteiger partial charge on any atom is 0.223 e. The molecule has 2 saturated heterocycles. The van der Waals surface area contributed by atoms with Gasteiger partial charge in [0.25, 0.3) is 0 Å². The predicted molar refractivity (Wildman–Crippen MR) is 79.7 cm³/mol. The first-order valence-corrected chi connectivity index (χ1v) is 7.77. The molecule has 0 spiro atoms. The van der Waals surface area contributed by atoms with Gasteiger partial charge in [-0.15, -0.1) is 0 Å². The lowest BCUT2D eigenvalue weighted by Crippen LogP contribution is -2.29.